The average molecular weight is 300 g/mol. The molecule has 1 aromatic heterocycles. The average Bonchev–Trinajstić information content (AvgIpc) is 2.97. The highest BCUT2D eigenvalue weighted by molar-refractivity contribution is 5.84. The molecule has 2 rings (SSSR count). The van der Waals surface area contributed by atoms with Crippen LogP contribution in [0, 0.1) is 5.92 Å². The van der Waals surface area contributed by atoms with Gasteiger partial charge < -0.3 is 11.1 Å². The van der Waals surface area contributed by atoms with Gasteiger partial charge in [0.05, 0.1) is 11.8 Å². The Morgan fingerprint density at radius 1 is 1.52 bits per heavy atom. The largest absolute Gasteiger partial charge is 0.352 e. The van der Waals surface area contributed by atoms with Gasteiger partial charge in [-0.2, -0.15) is 13.9 Å². The number of aryl methyl sites for hydroxylation is 1. The van der Waals surface area contributed by atoms with Crippen LogP contribution in [0.4, 0.5) is 8.78 Å². The first-order chi connectivity index (χ1) is 9.98. The number of halogens is 2. The molecule has 1 aliphatic carbocycles. The molecule has 1 aromatic rings. The Kier molecular flexibility index (Phi) is 4.92. The fourth-order valence-electron chi connectivity index (χ4n) is 2.77. The van der Waals surface area contributed by atoms with E-state index >= 15 is 0 Å². The highest BCUT2D eigenvalue weighted by atomic mass is 19.3. The summed E-state index contributed by atoms with van der Waals surface area (Å²) in [5.74, 6) is -4.75. The third-order valence-corrected chi connectivity index (χ3v) is 4.13. The van der Waals surface area contributed by atoms with E-state index in [1.54, 1.807) is 6.92 Å². The molecule has 0 aliphatic heterocycles. The monoisotopic (exact) mass is 300 g/mol. The van der Waals surface area contributed by atoms with E-state index in [0.29, 0.717) is 19.5 Å². The van der Waals surface area contributed by atoms with E-state index in [4.69, 9.17) is 5.73 Å². The summed E-state index contributed by atoms with van der Waals surface area (Å²) in [5.41, 5.74) is 5.29. The molecule has 118 valence electrons. The summed E-state index contributed by atoms with van der Waals surface area (Å²) in [6.45, 7) is 2.68. The van der Waals surface area contributed by atoms with Gasteiger partial charge in [0.1, 0.15) is 0 Å². The molecule has 21 heavy (non-hydrogen) atoms. The number of nitrogens with zero attached hydrogens (tertiary/aromatic N) is 2. The summed E-state index contributed by atoms with van der Waals surface area (Å²) in [6, 6.07) is -0.261. The van der Waals surface area contributed by atoms with Gasteiger partial charge in [-0.3, -0.25) is 9.48 Å². The van der Waals surface area contributed by atoms with Crippen molar-refractivity contribution in [2.45, 2.75) is 51.1 Å². The Morgan fingerprint density at radius 3 is 2.86 bits per heavy atom. The number of amides is 1. The van der Waals surface area contributed by atoms with Gasteiger partial charge in [0, 0.05) is 18.8 Å². The number of rotatable bonds is 5. The Labute approximate surface area is 122 Å². The Hall–Kier alpha value is -1.50. The van der Waals surface area contributed by atoms with Gasteiger partial charge in [-0.15, -0.1) is 0 Å². The predicted molar refractivity (Wildman–Crippen MR) is 74.7 cm³/mol. The zero-order valence-electron chi connectivity index (χ0n) is 12.2. The van der Waals surface area contributed by atoms with Crippen molar-refractivity contribution in [2.24, 2.45) is 11.7 Å². The molecule has 2 atom stereocenters. The molecule has 0 saturated heterocycles. The second-order valence-electron chi connectivity index (χ2n) is 5.52. The first-order valence-electron chi connectivity index (χ1n) is 7.40. The lowest BCUT2D eigenvalue weighted by Gasteiger charge is -2.32. The predicted octanol–water partition coefficient (Wildman–Crippen LogP) is 1.63. The first kappa shape index (κ1) is 15.9. The van der Waals surface area contributed by atoms with Crippen LogP contribution in [0.15, 0.2) is 12.4 Å². The number of carbonyl (C=O) groups is 1. The molecule has 3 N–H and O–H groups in total. The smallest absolute Gasteiger partial charge is 0.347 e. The molecule has 7 heteroatoms. The van der Waals surface area contributed by atoms with Crippen LogP contribution in [0.25, 0.3) is 0 Å². The second kappa shape index (κ2) is 6.51. The highest BCUT2D eigenvalue weighted by Gasteiger charge is 2.43. The van der Waals surface area contributed by atoms with E-state index in [9.17, 15) is 13.6 Å². The van der Waals surface area contributed by atoms with Crippen molar-refractivity contribution < 1.29 is 13.6 Å². The van der Waals surface area contributed by atoms with E-state index < -0.39 is 11.8 Å². The fraction of sp³-hybridized carbons (Fsp3) is 0.714. The normalized spacial score (nSPS) is 23.0. The number of hydrogen-bond acceptors (Lipinski definition) is 3. The molecule has 1 saturated carbocycles. The summed E-state index contributed by atoms with van der Waals surface area (Å²) < 4.78 is 29.8. The molecule has 1 heterocycles. The van der Waals surface area contributed by atoms with E-state index in [1.807, 2.05) is 0 Å². The van der Waals surface area contributed by atoms with Crippen LogP contribution in [-0.4, -0.2) is 28.3 Å². The molecule has 0 spiro atoms. The first-order valence-corrected chi connectivity index (χ1v) is 7.40. The lowest BCUT2D eigenvalue weighted by molar-refractivity contribution is -0.148. The topological polar surface area (TPSA) is 72.9 Å². The minimum atomic E-state index is -3.57. The maximum atomic E-state index is 14.2. The fourth-order valence-corrected chi connectivity index (χ4v) is 2.77. The number of alkyl halides is 2. The Balaban J connectivity index is 2.06. The van der Waals surface area contributed by atoms with Crippen LogP contribution in [-0.2, 0) is 17.3 Å². The van der Waals surface area contributed by atoms with Gasteiger partial charge in [0.25, 0.3) is 5.91 Å². The van der Waals surface area contributed by atoms with Gasteiger partial charge >= 0.3 is 5.92 Å². The zero-order valence-corrected chi connectivity index (χ0v) is 12.2. The maximum Gasteiger partial charge on any atom is 0.352 e. The van der Waals surface area contributed by atoms with Crippen molar-refractivity contribution in [1.29, 1.82) is 0 Å². The molecule has 1 fully saturated rings. The van der Waals surface area contributed by atoms with Crippen LogP contribution in [0.5, 0.6) is 0 Å². The molecule has 1 aliphatic rings. The standard InChI is InChI=1S/C14H22F2N4O/c1-2-20-9-11(8-18-20)14(15,16)13(21)19-12-6-4-3-5-10(12)7-17/h8-10,12H,2-7,17H2,1H3,(H,19,21). The third-order valence-electron chi connectivity index (χ3n) is 4.13. The Morgan fingerprint density at radius 2 is 2.24 bits per heavy atom. The molecule has 0 bridgehead atoms. The van der Waals surface area contributed by atoms with Crippen molar-refractivity contribution in [2.75, 3.05) is 6.54 Å². The van der Waals surface area contributed by atoms with Gasteiger partial charge in [0.15, 0.2) is 0 Å². The molecular weight excluding hydrogens is 278 g/mol. The van der Waals surface area contributed by atoms with Gasteiger partial charge in [0.2, 0.25) is 0 Å². The minimum Gasteiger partial charge on any atom is -0.347 e. The van der Waals surface area contributed by atoms with Crippen molar-refractivity contribution in [3.8, 4) is 0 Å². The highest BCUT2D eigenvalue weighted by Crippen LogP contribution is 2.30. The van der Waals surface area contributed by atoms with E-state index in [0.717, 1.165) is 25.5 Å². The maximum absolute atomic E-state index is 14.2. The summed E-state index contributed by atoms with van der Waals surface area (Å²) in [4.78, 5) is 12.0. The number of nitrogens with two attached hydrogens (primary N) is 1. The van der Waals surface area contributed by atoms with Crippen LogP contribution in [0.1, 0.15) is 38.2 Å². The zero-order chi connectivity index (χ0) is 15.5. The molecular formula is C14H22F2N4O. The quantitative estimate of drug-likeness (QED) is 0.868. The van der Waals surface area contributed by atoms with Crippen molar-refractivity contribution >= 4 is 5.91 Å². The van der Waals surface area contributed by atoms with E-state index in [1.165, 1.54) is 10.9 Å². The number of hydrogen-bond donors (Lipinski definition) is 2. The molecule has 0 radical (unpaired) electrons. The number of carbonyl (C=O) groups excluding carboxylic acids is 1. The summed E-state index contributed by atoms with van der Waals surface area (Å²) in [5, 5.41) is 6.28. The summed E-state index contributed by atoms with van der Waals surface area (Å²) in [6.07, 6.45) is 5.80. The minimum absolute atomic E-state index is 0.0804. The van der Waals surface area contributed by atoms with Crippen LogP contribution < -0.4 is 11.1 Å². The number of nitrogens with one attached hydrogen (secondary N) is 1. The lowest BCUT2D eigenvalue weighted by atomic mass is 9.84. The van der Waals surface area contributed by atoms with E-state index in [-0.39, 0.29) is 17.5 Å². The van der Waals surface area contributed by atoms with Gasteiger partial charge in [-0.05, 0) is 32.2 Å². The van der Waals surface area contributed by atoms with Gasteiger partial charge in [-0.1, -0.05) is 12.8 Å². The second-order valence-corrected chi connectivity index (χ2v) is 5.52. The van der Waals surface area contributed by atoms with Crippen LogP contribution >= 0.6 is 0 Å². The van der Waals surface area contributed by atoms with Crippen LogP contribution in [0.2, 0.25) is 0 Å². The van der Waals surface area contributed by atoms with Crippen molar-refractivity contribution in [3.63, 3.8) is 0 Å². The van der Waals surface area contributed by atoms with Gasteiger partial charge in [-0.25, -0.2) is 0 Å². The summed E-state index contributed by atoms with van der Waals surface area (Å²) >= 11 is 0. The Bertz CT molecular complexity index is 489. The molecule has 0 aromatic carbocycles. The molecule has 5 nitrogen and oxygen atoms in total. The number of aromatic nitrogens is 2. The van der Waals surface area contributed by atoms with Crippen molar-refractivity contribution in [3.05, 3.63) is 18.0 Å². The lowest BCUT2D eigenvalue weighted by Crippen LogP contribution is -2.49. The van der Waals surface area contributed by atoms with Crippen LogP contribution in [0.3, 0.4) is 0 Å². The van der Waals surface area contributed by atoms with E-state index in [2.05, 4.69) is 10.4 Å². The molecule has 2 unspecified atom stereocenters. The summed E-state index contributed by atoms with van der Waals surface area (Å²) in [7, 11) is 0. The third kappa shape index (κ3) is 3.40. The van der Waals surface area contributed by atoms with Crippen molar-refractivity contribution in [1.82, 2.24) is 15.1 Å². The SMILES string of the molecule is CCn1cc(C(F)(F)C(=O)NC2CCCCC2CN)cn1. The molecule has 1 amide bonds.